The zero-order valence-corrected chi connectivity index (χ0v) is 14.5. The molecule has 0 spiro atoms. The summed E-state index contributed by atoms with van der Waals surface area (Å²) in [7, 11) is 1.38. The molecule has 1 aromatic carbocycles. The fraction of sp³-hybridized carbons (Fsp3) is 0.118. The molecule has 0 fully saturated rings. The number of aromatic nitrogens is 2. The SMILES string of the molecule is CNC(=O)c1cc(NCc2cnc(Nc3ccccn3)s2)c(F)cc1F. The second kappa shape index (κ2) is 7.87. The van der Waals surface area contributed by atoms with Crippen LogP contribution in [0.5, 0.6) is 0 Å². The number of rotatable bonds is 6. The first-order chi connectivity index (χ1) is 12.6. The maximum Gasteiger partial charge on any atom is 0.254 e. The molecule has 0 atom stereocenters. The zero-order valence-electron chi connectivity index (χ0n) is 13.7. The molecule has 26 heavy (non-hydrogen) atoms. The molecule has 0 saturated heterocycles. The van der Waals surface area contributed by atoms with Gasteiger partial charge in [0.2, 0.25) is 0 Å². The van der Waals surface area contributed by atoms with E-state index in [4.69, 9.17) is 0 Å². The van der Waals surface area contributed by atoms with Gasteiger partial charge in [0.15, 0.2) is 5.13 Å². The number of halogens is 2. The lowest BCUT2D eigenvalue weighted by atomic mass is 10.1. The van der Waals surface area contributed by atoms with Gasteiger partial charge in [0.05, 0.1) is 17.8 Å². The number of nitrogens with one attached hydrogen (secondary N) is 3. The standard InChI is InChI=1S/C17H15F2N5OS/c1-20-16(25)11-6-14(13(19)7-12(11)18)22-8-10-9-23-17(26-10)24-15-4-2-3-5-21-15/h2-7,9,22H,8H2,1H3,(H,20,25)(H,21,23,24). The molecule has 9 heteroatoms. The van der Waals surface area contributed by atoms with Crippen LogP contribution < -0.4 is 16.0 Å². The minimum absolute atomic E-state index is 0.0395. The van der Waals surface area contributed by atoms with Crippen molar-refractivity contribution in [1.29, 1.82) is 0 Å². The highest BCUT2D eigenvalue weighted by Gasteiger charge is 2.15. The van der Waals surface area contributed by atoms with Crippen LogP contribution in [0.2, 0.25) is 0 Å². The van der Waals surface area contributed by atoms with Crippen LogP contribution in [0.3, 0.4) is 0 Å². The summed E-state index contributed by atoms with van der Waals surface area (Å²) in [6.45, 7) is 0.275. The molecule has 134 valence electrons. The fourth-order valence-corrected chi connectivity index (χ4v) is 2.93. The topological polar surface area (TPSA) is 78.9 Å². The van der Waals surface area contributed by atoms with Gasteiger partial charge in [0.1, 0.15) is 17.5 Å². The molecule has 0 aliphatic carbocycles. The third-order valence-electron chi connectivity index (χ3n) is 3.43. The minimum Gasteiger partial charge on any atom is -0.378 e. The molecular weight excluding hydrogens is 360 g/mol. The number of amides is 1. The first-order valence-corrected chi connectivity index (χ1v) is 8.46. The predicted octanol–water partition coefficient (Wildman–Crippen LogP) is 3.53. The summed E-state index contributed by atoms with van der Waals surface area (Å²) in [6.07, 6.45) is 3.31. The number of carbonyl (C=O) groups excluding carboxylic acids is 1. The smallest absolute Gasteiger partial charge is 0.254 e. The second-order valence-electron chi connectivity index (χ2n) is 5.22. The lowest BCUT2D eigenvalue weighted by Crippen LogP contribution is -2.20. The lowest BCUT2D eigenvalue weighted by Gasteiger charge is -2.09. The molecule has 0 bridgehead atoms. The highest BCUT2D eigenvalue weighted by molar-refractivity contribution is 7.15. The van der Waals surface area contributed by atoms with E-state index >= 15 is 0 Å². The number of nitrogens with zero attached hydrogens (tertiary/aromatic N) is 2. The predicted molar refractivity (Wildman–Crippen MR) is 96.7 cm³/mol. The van der Waals surface area contributed by atoms with E-state index in [1.807, 2.05) is 18.2 Å². The average Bonchev–Trinajstić information content (AvgIpc) is 3.08. The molecular formula is C17H15F2N5OS. The van der Waals surface area contributed by atoms with Crippen LogP contribution in [0.15, 0.2) is 42.7 Å². The maximum atomic E-state index is 13.9. The third kappa shape index (κ3) is 4.12. The molecule has 0 aliphatic rings. The third-order valence-corrected chi connectivity index (χ3v) is 4.35. The van der Waals surface area contributed by atoms with Gasteiger partial charge in [-0.3, -0.25) is 4.79 Å². The van der Waals surface area contributed by atoms with Crippen LogP contribution in [0.4, 0.5) is 25.4 Å². The summed E-state index contributed by atoms with van der Waals surface area (Å²) in [6, 6.07) is 7.32. The Bertz CT molecular complexity index is 917. The number of pyridine rings is 1. The Morgan fingerprint density at radius 3 is 2.77 bits per heavy atom. The van der Waals surface area contributed by atoms with E-state index in [2.05, 4.69) is 25.9 Å². The summed E-state index contributed by atoms with van der Waals surface area (Å²) in [5.74, 6) is -1.63. The van der Waals surface area contributed by atoms with E-state index in [0.29, 0.717) is 17.0 Å². The van der Waals surface area contributed by atoms with Crippen molar-refractivity contribution in [3.05, 3.63) is 64.8 Å². The van der Waals surface area contributed by atoms with E-state index in [-0.39, 0.29) is 17.8 Å². The summed E-state index contributed by atoms with van der Waals surface area (Å²) < 4.78 is 27.6. The highest BCUT2D eigenvalue weighted by Crippen LogP contribution is 2.24. The Morgan fingerprint density at radius 1 is 1.19 bits per heavy atom. The zero-order chi connectivity index (χ0) is 18.5. The Balaban J connectivity index is 1.69. The molecule has 3 aromatic rings. The van der Waals surface area contributed by atoms with Crippen molar-refractivity contribution in [3.63, 3.8) is 0 Å². The van der Waals surface area contributed by atoms with Crippen molar-refractivity contribution in [3.8, 4) is 0 Å². The number of benzene rings is 1. The first-order valence-electron chi connectivity index (χ1n) is 7.64. The summed E-state index contributed by atoms with van der Waals surface area (Å²) in [5.41, 5.74) is -0.184. The molecule has 1 amide bonds. The van der Waals surface area contributed by atoms with Crippen LogP contribution in [0.25, 0.3) is 0 Å². The molecule has 6 nitrogen and oxygen atoms in total. The number of hydrogen-bond donors (Lipinski definition) is 3. The Kier molecular flexibility index (Phi) is 5.37. The van der Waals surface area contributed by atoms with Gasteiger partial charge in [-0.25, -0.2) is 18.7 Å². The van der Waals surface area contributed by atoms with Crippen molar-refractivity contribution < 1.29 is 13.6 Å². The normalized spacial score (nSPS) is 10.4. The number of carbonyl (C=O) groups is 1. The van der Waals surface area contributed by atoms with Crippen LogP contribution in [-0.4, -0.2) is 22.9 Å². The van der Waals surface area contributed by atoms with Crippen LogP contribution in [0.1, 0.15) is 15.2 Å². The summed E-state index contributed by atoms with van der Waals surface area (Å²) in [4.78, 5) is 20.8. The van der Waals surface area contributed by atoms with Crippen molar-refractivity contribution in [2.24, 2.45) is 0 Å². The fourth-order valence-electron chi connectivity index (χ4n) is 2.17. The first kappa shape index (κ1) is 17.7. The van der Waals surface area contributed by atoms with Gasteiger partial charge in [0, 0.05) is 30.4 Å². The number of anilines is 3. The molecule has 0 saturated carbocycles. The molecule has 3 N–H and O–H groups in total. The Hall–Kier alpha value is -3.07. The highest BCUT2D eigenvalue weighted by atomic mass is 32.1. The van der Waals surface area contributed by atoms with E-state index in [0.717, 1.165) is 10.9 Å². The molecule has 0 unspecified atom stereocenters. The largest absolute Gasteiger partial charge is 0.378 e. The second-order valence-corrected chi connectivity index (χ2v) is 6.33. The maximum absolute atomic E-state index is 13.9. The van der Waals surface area contributed by atoms with E-state index in [9.17, 15) is 13.6 Å². The Labute approximate surface area is 152 Å². The quantitative estimate of drug-likeness (QED) is 0.614. The summed E-state index contributed by atoms with van der Waals surface area (Å²) in [5, 5.41) is 8.89. The van der Waals surface area contributed by atoms with Crippen LogP contribution in [0, 0.1) is 11.6 Å². The molecule has 0 aliphatic heterocycles. The van der Waals surface area contributed by atoms with Gasteiger partial charge in [-0.05, 0) is 18.2 Å². The van der Waals surface area contributed by atoms with Gasteiger partial charge in [0.25, 0.3) is 5.91 Å². The van der Waals surface area contributed by atoms with E-state index in [1.54, 1.807) is 12.4 Å². The van der Waals surface area contributed by atoms with Crippen molar-refractivity contribution in [2.75, 3.05) is 17.7 Å². The van der Waals surface area contributed by atoms with E-state index < -0.39 is 17.5 Å². The van der Waals surface area contributed by atoms with Crippen molar-refractivity contribution in [1.82, 2.24) is 15.3 Å². The molecule has 2 heterocycles. The average molecular weight is 375 g/mol. The van der Waals surface area contributed by atoms with Crippen LogP contribution in [-0.2, 0) is 6.54 Å². The van der Waals surface area contributed by atoms with Crippen molar-refractivity contribution >= 4 is 33.9 Å². The molecule has 2 aromatic heterocycles. The van der Waals surface area contributed by atoms with E-state index in [1.165, 1.54) is 18.4 Å². The lowest BCUT2D eigenvalue weighted by molar-refractivity contribution is 0.0959. The number of thiazole rings is 1. The van der Waals surface area contributed by atoms with Crippen LogP contribution >= 0.6 is 11.3 Å². The monoisotopic (exact) mass is 375 g/mol. The van der Waals surface area contributed by atoms with Gasteiger partial charge in [-0.2, -0.15) is 0 Å². The van der Waals surface area contributed by atoms with Gasteiger partial charge < -0.3 is 16.0 Å². The molecule has 0 radical (unpaired) electrons. The molecule has 3 rings (SSSR count). The van der Waals surface area contributed by atoms with Gasteiger partial charge >= 0.3 is 0 Å². The van der Waals surface area contributed by atoms with Crippen molar-refractivity contribution in [2.45, 2.75) is 6.54 Å². The number of hydrogen-bond acceptors (Lipinski definition) is 6. The van der Waals surface area contributed by atoms with Gasteiger partial charge in [-0.1, -0.05) is 17.4 Å². The Morgan fingerprint density at radius 2 is 2.04 bits per heavy atom. The minimum atomic E-state index is -0.910. The summed E-state index contributed by atoms with van der Waals surface area (Å²) >= 11 is 1.37. The van der Waals surface area contributed by atoms with Gasteiger partial charge in [-0.15, -0.1) is 0 Å².